The second-order valence-corrected chi connectivity index (χ2v) is 5.95. The first-order valence-corrected chi connectivity index (χ1v) is 7.30. The van der Waals surface area contributed by atoms with E-state index in [1.807, 2.05) is 25.3 Å². The quantitative estimate of drug-likeness (QED) is 0.871. The van der Waals surface area contributed by atoms with E-state index in [1.165, 1.54) is 0 Å². The lowest BCUT2D eigenvalue weighted by molar-refractivity contribution is 0.101. The first-order valence-electron chi connectivity index (χ1n) is 6.54. The zero-order valence-electron chi connectivity index (χ0n) is 12.1. The summed E-state index contributed by atoms with van der Waals surface area (Å²) >= 11 is 12.3. The molecule has 1 heterocycles. The van der Waals surface area contributed by atoms with Crippen LogP contribution in [0.4, 0.5) is 11.4 Å². The number of nitrogens with two attached hydrogens (primary N) is 1. The number of hydrogen-bond acceptors (Lipinski definition) is 2. The van der Waals surface area contributed by atoms with Crippen molar-refractivity contribution < 1.29 is 4.79 Å². The summed E-state index contributed by atoms with van der Waals surface area (Å²) in [7, 11) is 0. The van der Waals surface area contributed by atoms with Crippen LogP contribution in [0, 0.1) is 6.92 Å². The van der Waals surface area contributed by atoms with Crippen molar-refractivity contribution in [2.75, 3.05) is 11.1 Å². The first-order chi connectivity index (χ1) is 9.81. The van der Waals surface area contributed by atoms with Crippen LogP contribution < -0.4 is 11.1 Å². The second-order valence-electron chi connectivity index (χ2n) is 5.17. The van der Waals surface area contributed by atoms with Crippen LogP contribution in [0.25, 0.3) is 0 Å². The lowest BCUT2D eigenvalue weighted by atomic mass is 10.2. The van der Waals surface area contributed by atoms with Gasteiger partial charge in [0, 0.05) is 12.2 Å². The summed E-state index contributed by atoms with van der Waals surface area (Å²) in [5, 5.41) is 3.60. The van der Waals surface area contributed by atoms with Crippen molar-refractivity contribution in [1.82, 2.24) is 4.57 Å². The van der Waals surface area contributed by atoms with Gasteiger partial charge in [0.05, 0.1) is 21.4 Å². The third kappa shape index (κ3) is 3.17. The summed E-state index contributed by atoms with van der Waals surface area (Å²) in [6.07, 6.45) is 1.74. The van der Waals surface area contributed by atoms with Gasteiger partial charge in [0.15, 0.2) is 0 Å². The smallest absolute Gasteiger partial charge is 0.272 e. The molecule has 1 amide bonds. The van der Waals surface area contributed by atoms with Crippen LogP contribution in [0.1, 0.15) is 35.9 Å². The SMILES string of the molecule is Cc1ccc(Cl)c(NC(=O)c2cc(N)cn2C(C)C)c1Cl. The molecule has 0 atom stereocenters. The fraction of sp³-hybridized carbons (Fsp3) is 0.267. The van der Waals surface area contributed by atoms with Crippen LogP contribution in [0.2, 0.25) is 10.0 Å². The summed E-state index contributed by atoms with van der Waals surface area (Å²) < 4.78 is 1.81. The highest BCUT2D eigenvalue weighted by molar-refractivity contribution is 6.40. The van der Waals surface area contributed by atoms with Crippen molar-refractivity contribution in [3.05, 3.63) is 45.7 Å². The van der Waals surface area contributed by atoms with E-state index in [-0.39, 0.29) is 11.9 Å². The Morgan fingerprint density at radius 3 is 2.62 bits per heavy atom. The van der Waals surface area contributed by atoms with E-state index in [2.05, 4.69) is 5.32 Å². The second kappa shape index (κ2) is 6.00. The van der Waals surface area contributed by atoms with E-state index in [1.54, 1.807) is 24.4 Å². The largest absolute Gasteiger partial charge is 0.397 e. The standard InChI is InChI=1S/C15H17Cl2N3O/c1-8(2)20-7-10(18)6-12(20)15(21)19-14-11(16)5-4-9(3)13(14)17/h4-8H,18H2,1-3H3,(H,19,21). The number of halogens is 2. The molecule has 1 aromatic carbocycles. The number of aryl methyl sites for hydroxylation is 1. The van der Waals surface area contributed by atoms with Crippen LogP contribution in [0.3, 0.4) is 0 Å². The minimum atomic E-state index is -0.296. The van der Waals surface area contributed by atoms with Gasteiger partial charge in [0.1, 0.15) is 5.69 Å². The maximum atomic E-state index is 12.5. The Morgan fingerprint density at radius 2 is 2.00 bits per heavy atom. The molecule has 4 nitrogen and oxygen atoms in total. The number of carbonyl (C=O) groups excluding carboxylic acids is 1. The molecule has 0 radical (unpaired) electrons. The number of amides is 1. The topological polar surface area (TPSA) is 60.1 Å². The van der Waals surface area contributed by atoms with Crippen LogP contribution in [0.5, 0.6) is 0 Å². The van der Waals surface area contributed by atoms with Gasteiger partial charge in [-0.3, -0.25) is 4.79 Å². The molecule has 0 bridgehead atoms. The zero-order chi connectivity index (χ0) is 15.7. The Morgan fingerprint density at radius 1 is 1.33 bits per heavy atom. The van der Waals surface area contributed by atoms with E-state index in [0.29, 0.717) is 27.1 Å². The Bertz CT molecular complexity index is 692. The Labute approximate surface area is 133 Å². The molecule has 21 heavy (non-hydrogen) atoms. The van der Waals surface area contributed by atoms with Gasteiger partial charge < -0.3 is 15.6 Å². The van der Waals surface area contributed by atoms with Crippen molar-refractivity contribution in [2.45, 2.75) is 26.8 Å². The van der Waals surface area contributed by atoms with Crippen LogP contribution in [-0.2, 0) is 0 Å². The highest BCUT2D eigenvalue weighted by Crippen LogP contribution is 2.33. The molecule has 112 valence electrons. The van der Waals surface area contributed by atoms with Crippen molar-refractivity contribution in [1.29, 1.82) is 0 Å². The lowest BCUT2D eigenvalue weighted by Crippen LogP contribution is -2.18. The van der Waals surface area contributed by atoms with Crippen LogP contribution >= 0.6 is 23.2 Å². The first kappa shape index (κ1) is 15.7. The molecule has 0 aliphatic carbocycles. The van der Waals surface area contributed by atoms with Gasteiger partial charge in [-0.25, -0.2) is 0 Å². The molecule has 0 unspecified atom stereocenters. The number of anilines is 2. The molecule has 1 aromatic heterocycles. The lowest BCUT2D eigenvalue weighted by Gasteiger charge is -2.14. The molecule has 0 aliphatic heterocycles. The van der Waals surface area contributed by atoms with Crippen molar-refractivity contribution >= 4 is 40.5 Å². The van der Waals surface area contributed by atoms with E-state index in [4.69, 9.17) is 28.9 Å². The average Bonchev–Trinajstić information content (AvgIpc) is 2.81. The molecule has 3 N–H and O–H groups in total. The number of nitrogens with one attached hydrogen (secondary N) is 1. The van der Waals surface area contributed by atoms with Crippen molar-refractivity contribution in [3.63, 3.8) is 0 Å². The molecule has 0 saturated carbocycles. The van der Waals surface area contributed by atoms with E-state index >= 15 is 0 Å². The molecule has 0 fully saturated rings. The maximum absolute atomic E-state index is 12.5. The van der Waals surface area contributed by atoms with Crippen molar-refractivity contribution in [2.24, 2.45) is 0 Å². The minimum absolute atomic E-state index is 0.117. The molecular weight excluding hydrogens is 309 g/mol. The molecule has 0 spiro atoms. The van der Waals surface area contributed by atoms with Gasteiger partial charge in [-0.05, 0) is 38.5 Å². The van der Waals surface area contributed by atoms with Crippen LogP contribution in [-0.4, -0.2) is 10.5 Å². The van der Waals surface area contributed by atoms with Gasteiger partial charge >= 0.3 is 0 Å². The summed E-state index contributed by atoms with van der Waals surface area (Å²) in [6.45, 7) is 5.80. The molecule has 2 aromatic rings. The van der Waals surface area contributed by atoms with Crippen molar-refractivity contribution in [3.8, 4) is 0 Å². The molecular formula is C15H17Cl2N3O. The Balaban J connectivity index is 2.37. The number of nitrogen functional groups attached to an aromatic ring is 1. The van der Waals surface area contributed by atoms with Gasteiger partial charge in [-0.1, -0.05) is 29.3 Å². The molecule has 6 heteroatoms. The normalized spacial score (nSPS) is 11.0. The fourth-order valence-electron chi connectivity index (χ4n) is 2.06. The zero-order valence-corrected chi connectivity index (χ0v) is 13.6. The third-order valence-electron chi connectivity index (χ3n) is 3.18. The van der Waals surface area contributed by atoms with E-state index < -0.39 is 0 Å². The predicted molar refractivity (Wildman–Crippen MR) is 88.4 cm³/mol. The van der Waals surface area contributed by atoms with Gasteiger partial charge in [-0.15, -0.1) is 0 Å². The summed E-state index contributed by atoms with van der Waals surface area (Å²) in [5.74, 6) is -0.296. The van der Waals surface area contributed by atoms with Crippen LogP contribution in [0.15, 0.2) is 24.4 Å². The molecule has 0 saturated heterocycles. The highest BCUT2D eigenvalue weighted by Gasteiger charge is 2.18. The Kier molecular flexibility index (Phi) is 4.49. The molecule has 0 aliphatic rings. The van der Waals surface area contributed by atoms with E-state index in [9.17, 15) is 4.79 Å². The summed E-state index contributed by atoms with van der Waals surface area (Å²) in [6, 6.07) is 5.25. The fourth-order valence-corrected chi connectivity index (χ4v) is 2.52. The van der Waals surface area contributed by atoms with E-state index in [0.717, 1.165) is 5.56 Å². The summed E-state index contributed by atoms with van der Waals surface area (Å²) in [5.41, 5.74) is 8.04. The minimum Gasteiger partial charge on any atom is -0.397 e. The number of carbonyl (C=O) groups is 1. The van der Waals surface area contributed by atoms with Gasteiger partial charge in [0.2, 0.25) is 0 Å². The average molecular weight is 326 g/mol. The van der Waals surface area contributed by atoms with Gasteiger partial charge in [-0.2, -0.15) is 0 Å². The highest BCUT2D eigenvalue weighted by atomic mass is 35.5. The Hall–Kier alpha value is -1.65. The monoisotopic (exact) mass is 325 g/mol. The van der Waals surface area contributed by atoms with Gasteiger partial charge in [0.25, 0.3) is 5.91 Å². The third-order valence-corrected chi connectivity index (χ3v) is 3.98. The maximum Gasteiger partial charge on any atom is 0.272 e. The summed E-state index contributed by atoms with van der Waals surface area (Å²) in [4.78, 5) is 12.5. The predicted octanol–water partition coefficient (Wildman–Crippen LogP) is 4.52. The number of hydrogen-bond donors (Lipinski definition) is 2. The molecule has 2 rings (SSSR count). The number of benzene rings is 1. The number of nitrogens with zero attached hydrogens (tertiary/aromatic N) is 1. The number of rotatable bonds is 3. The number of aromatic nitrogens is 1.